The van der Waals surface area contributed by atoms with Crippen molar-refractivity contribution in [2.24, 2.45) is 11.8 Å². The molecular weight excluding hydrogens is 426 g/mol. The fourth-order valence-corrected chi connectivity index (χ4v) is 5.83. The summed E-state index contributed by atoms with van der Waals surface area (Å²) in [6, 6.07) is 14.0. The molecule has 1 saturated carbocycles. The average molecular weight is 462 g/mol. The van der Waals surface area contributed by atoms with Gasteiger partial charge in [-0.25, -0.2) is 0 Å². The minimum Gasteiger partial charge on any atom is -0.463 e. The monoisotopic (exact) mass is 461 g/mol. The molecule has 3 heterocycles. The van der Waals surface area contributed by atoms with Gasteiger partial charge >= 0.3 is 0 Å². The molecule has 1 aliphatic heterocycles. The number of carbonyl (C=O) groups is 2. The summed E-state index contributed by atoms with van der Waals surface area (Å²) in [6.07, 6.45) is 4.95. The van der Waals surface area contributed by atoms with Crippen molar-refractivity contribution in [3.8, 4) is 0 Å². The van der Waals surface area contributed by atoms with Crippen LogP contribution in [0.4, 0.5) is 0 Å². The summed E-state index contributed by atoms with van der Waals surface area (Å²) in [5.74, 6) is 0.900. The average Bonchev–Trinajstić information content (AvgIpc) is 3.42. The Labute approximate surface area is 201 Å². The predicted octanol–water partition coefficient (Wildman–Crippen LogP) is 5.19. The zero-order valence-corrected chi connectivity index (χ0v) is 20.6. The minimum atomic E-state index is -1.00. The highest BCUT2D eigenvalue weighted by molar-refractivity contribution is 6.03. The van der Waals surface area contributed by atoms with E-state index in [9.17, 15) is 9.59 Å². The van der Waals surface area contributed by atoms with Crippen LogP contribution < -0.4 is 5.32 Å². The molecule has 1 aliphatic carbocycles. The van der Waals surface area contributed by atoms with Crippen LogP contribution in [0.15, 0.2) is 53.1 Å². The molecule has 3 aromatic rings. The van der Waals surface area contributed by atoms with E-state index < -0.39 is 5.54 Å². The Morgan fingerprint density at radius 1 is 1.21 bits per heavy atom. The van der Waals surface area contributed by atoms with Crippen molar-refractivity contribution in [1.29, 1.82) is 0 Å². The van der Waals surface area contributed by atoms with Gasteiger partial charge in [-0.2, -0.15) is 0 Å². The van der Waals surface area contributed by atoms with Crippen LogP contribution in [0, 0.1) is 11.8 Å². The highest BCUT2D eigenvalue weighted by Crippen LogP contribution is 2.36. The van der Waals surface area contributed by atoms with Crippen molar-refractivity contribution in [2.45, 2.75) is 71.0 Å². The van der Waals surface area contributed by atoms with Crippen LogP contribution in [0.25, 0.3) is 11.1 Å². The maximum atomic E-state index is 14.0. The molecule has 180 valence electrons. The van der Waals surface area contributed by atoms with Gasteiger partial charge in [0.2, 0.25) is 5.91 Å². The molecule has 5 atom stereocenters. The third-order valence-electron chi connectivity index (χ3n) is 8.39. The fraction of sp³-hybridized carbons (Fsp3) is 0.500. The second-order valence-corrected chi connectivity index (χ2v) is 10.6. The van der Waals surface area contributed by atoms with E-state index in [1.807, 2.05) is 35.8 Å². The van der Waals surface area contributed by atoms with E-state index >= 15 is 0 Å². The van der Waals surface area contributed by atoms with Gasteiger partial charge in [0, 0.05) is 24.7 Å². The van der Waals surface area contributed by atoms with Crippen molar-refractivity contribution in [1.82, 2.24) is 14.8 Å². The third-order valence-corrected chi connectivity index (χ3v) is 8.39. The third kappa shape index (κ3) is 3.73. The summed E-state index contributed by atoms with van der Waals surface area (Å²) >= 11 is 0. The first-order valence-corrected chi connectivity index (χ1v) is 12.5. The van der Waals surface area contributed by atoms with E-state index in [0.717, 1.165) is 23.9 Å². The molecule has 6 nitrogen and oxygen atoms in total. The van der Waals surface area contributed by atoms with Crippen molar-refractivity contribution >= 4 is 22.9 Å². The quantitative estimate of drug-likeness (QED) is 0.568. The predicted molar refractivity (Wildman–Crippen MR) is 133 cm³/mol. The Hall–Kier alpha value is -3.02. The van der Waals surface area contributed by atoms with Crippen LogP contribution in [0.3, 0.4) is 0 Å². The Kier molecular flexibility index (Phi) is 5.78. The Bertz CT molecular complexity index is 1200. The Morgan fingerprint density at radius 2 is 1.97 bits per heavy atom. The van der Waals surface area contributed by atoms with E-state index in [0.29, 0.717) is 36.2 Å². The Morgan fingerprint density at radius 3 is 2.74 bits per heavy atom. The second kappa shape index (κ2) is 8.64. The molecule has 0 spiro atoms. The van der Waals surface area contributed by atoms with Crippen molar-refractivity contribution in [3.63, 3.8) is 0 Å². The minimum absolute atomic E-state index is 0.0666. The lowest BCUT2D eigenvalue weighted by atomic mass is 9.77. The van der Waals surface area contributed by atoms with E-state index in [2.05, 4.69) is 38.2 Å². The Balaban J connectivity index is 1.50. The van der Waals surface area contributed by atoms with Crippen molar-refractivity contribution in [2.75, 3.05) is 6.54 Å². The summed E-state index contributed by atoms with van der Waals surface area (Å²) in [5, 5.41) is 3.37. The largest absolute Gasteiger partial charge is 0.463 e. The van der Waals surface area contributed by atoms with Gasteiger partial charge in [-0.15, -0.1) is 0 Å². The van der Waals surface area contributed by atoms with Crippen LogP contribution in [0.5, 0.6) is 0 Å². The molecule has 34 heavy (non-hydrogen) atoms. The second-order valence-electron chi connectivity index (χ2n) is 10.6. The normalized spacial score (nSPS) is 28.1. The van der Waals surface area contributed by atoms with Gasteiger partial charge < -0.3 is 19.2 Å². The first kappa shape index (κ1) is 22.8. The van der Waals surface area contributed by atoms with Gasteiger partial charge in [0.15, 0.2) is 5.58 Å². The molecule has 5 rings (SSSR count). The number of hydrogen-bond donors (Lipinski definition) is 1. The van der Waals surface area contributed by atoms with Crippen molar-refractivity contribution < 1.29 is 14.0 Å². The molecule has 1 aromatic carbocycles. The molecule has 0 saturated heterocycles. The molecule has 2 amide bonds. The van der Waals surface area contributed by atoms with E-state index in [-0.39, 0.29) is 23.8 Å². The molecule has 1 fully saturated rings. The summed E-state index contributed by atoms with van der Waals surface area (Å²) in [5.41, 5.74) is 2.27. The van der Waals surface area contributed by atoms with Gasteiger partial charge in [-0.1, -0.05) is 63.9 Å². The van der Waals surface area contributed by atoms with Crippen LogP contribution in [-0.2, 0) is 11.3 Å². The first-order chi connectivity index (χ1) is 16.3. The SMILES string of the molecule is C[C@@H]1[C@@H](C)CCC[C@H]1NC(=O)[C@@]1(C)Cn2c(cc3occc32)C(=O)N1C[C@@H](C)c1ccccc1. The van der Waals surface area contributed by atoms with E-state index in [4.69, 9.17) is 4.42 Å². The van der Waals surface area contributed by atoms with Gasteiger partial charge in [-0.3, -0.25) is 9.59 Å². The van der Waals surface area contributed by atoms with Gasteiger partial charge in [-0.05, 0) is 36.7 Å². The molecule has 2 aliphatic rings. The lowest BCUT2D eigenvalue weighted by Gasteiger charge is -2.46. The zero-order chi connectivity index (χ0) is 24.0. The molecule has 0 bridgehead atoms. The summed E-state index contributed by atoms with van der Waals surface area (Å²) in [6.45, 7) is 9.41. The number of amides is 2. The molecule has 0 radical (unpaired) electrons. The number of furan rings is 1. The molecule has 2 aromatic heterocycles. The number of hydrogen-bond acceptors (Lipinski definition) is 3. The van der Waals surface area contributed by atoms with Crippen LogP contribution in [0.2, 0.25) is 0 Å². The molecule has 6 heteroatoms. The van der Waals surface area contributed by atoms with E-state index in [1.165, 1.54) is 6.42 Å². The van der Waals surface area contributed by atoms with Crippen LogP contribution in [0.1, 0.15) is 68.9 Å². The first-order valence-electron chi connectivity index (χ1n) is 12.5. The number of nitrogens with zero attached hydrogens (tertiary/aromatic N) is 2. The number of aromatic nitrogens is 1. The zero-order valence-electron chi connectivity index (χ0n) is 20.6. The maximum Gasteiger partial charge on any atom is 0.271 e. The molecule has 1 N–H and O–H groups in total. The number of fused-ring (bicyclic) bond motifs is 3. The number of nitrogens with one attached hydrogen (secondary N) is 1. The number of carbonyl (C=O) groups excluding carboxylic acids is 2. The summed E-state index contributed by atoms with van der Waals surface area (Å²) < 4.78 is 7.54. The number of rotatable bonds is 5. The lowest BCUT2D eigenvalue weighted by molar-refractivity contribution is -0.134. The van der Waals surface area contributed by atoms with Gasteiger partial charge in [0.25, 0.3) is 5.91 Å². The standard InChI is InChI=1S/C28H35N3O3/c1-18-9-8-12-22(20(18)3)29-27(33)28(4)17-30-23-13-14-34-25(23)15-24(30)26(32)31(28)16-19(2)21-10-6-5-7-11-21/h5-7,10-11,13-15,18-20,22H,8-9,12,16-17H2,1-4H3,(H,29,33)/t18-,19+,20+,22+,28+/m0/s1. The summed E-state index contributed by atoms with van der Waals surface area (Å²) in [4.78, 5) is 29.6. The molecular formula is C28H35N3O3. The number of benzene rings is 1. The van der Waals surface area contributed by atoms with E-state index in [1.54, 1.807) is 17.2 Å². The molecule has 0 unspecified atom stereocenters. The fourth-order valence-electron chi connectivity index (χ4n) is 5.83. The topological polar surface area (TPSA) is 67.5 Å². The van der Waals surface area contributed by atoms with Crippen LogP contribution >= 0.6 is 0 Å². The smallest absolute Gasteiger partial charge is 0.271 e. The van der Waals surface area contributed by atoms with Gasteiger partial charge in [0.1, 0.15) is 11.2 Å². The van der Waals surface area contributed by atoms with Crippen molar-refractivity contribution in [3.05, 3.63) is 60.0 Å². The van der Waals surface area contributed by atoms with Gasteiger partial charge in [0.05, 0.1) is 18.3 Å². The lowest BCUT2D eigenvalue weighted by Crippen LogP contribution is -2.66. The maximum absolute atomic E-state index is 14.0. The summed E-state index contributed by atoms with van der Waals surface area (Å²) in [7, 11) is 0. The highest BCUT2D eigenvalue weighted by atomic mass is 16.3. The van der Waals surface area contributed by atoms with Crippen LogP contribution in [-0.4, -0.2) is 39.4 Å². The highest BCUT2D eigenvalue weighted by Gasteiger charge is 2.49.